The number of imidazole rings is 1. The molecule has 1 fully saturated rings. The van der Waals surface area contributed by atoms with E-state index in [4.69, 9.17) is 20.9 Å². The fourth-order valence-electron chi connectivity index (χ4n) is 2.49. The van der Waals surface area contributed by atoms with Crippen molar-refractivity contribution in [1.29, 1.82) is 0 Å². The first kappa shape index (κ1) is 15.3. The van der Waals surface area contributed by atoms with Crippen molar-refractivity contribution in [3.8, 4) is 12.0 Å². The Morgan fingerprint density at radius 3 is 2.91 bits per heavy atom. The van der Waals surface area contributed by atoms with Gasteiger partial charge in [-0.05, 0) is 0 Å². The van der Waals surface area contributed by atoms with Crippen LogP contribution < -0.4 is 11.5 Å². The van der Waals surface area contributed by atoms with Gasteiger partial charge in [0.2, 0.25) is 5.95 Å². The van der Waals surface area contributed by atoms with E-state index in [9.17, 15) is 10.2 Å². The van der Waals surface area contributed by atoms with Crippen LogP contribution in [0.15, 0.2) is 6.33 Å². The number of nitrogens with two attached hydrogens (primary N) is 2. The van der Waals surface area contributed by atoms with E-state index >= 15 is 0 Å². The molecule has 0 amide bonds. The molecule has 0 unspecified atom stereocenters. The van der Waals surface area contributed by atoms with Crippen molar-refractivity contribution in [2.75, 3.05) is 18.1 Å². The van der Waals surface area contributed by atoms with Crippen molar-refractivity contribution in [2.45, 2.75) is 31.5 Å². The largest absolute Gasteiger partial charge is 0.436 e. The summed E-state index contributed by atoms with van der Waals surface area (Å²) in [6, 6.07) is 0. The number of nitrogens with zero attached hydrogens (tertiary/aromatic N) is 4. The van der Waals surface area contributed by atoms with Crippen LogP contribution in [0.5, 0.6) is 0 Å². The maximum atomic E-state index is 10.2. The van der Waals surface area contributed by atoms with Crippen molar-refractivity contribution in [1.82, 2.24) is 19.5 Å². The van der Waals surface area contributed by atoms with Crippen LogP contribution in [0.3, 0.4) is 0 Å². The van der Waals surface area contributed by atoms with Crippen molar-refractivity contribution < 1.29 is 19.7 Å². The highest BCUT2D eigenvalue weighted by Crippen LogP contribution is 2.33. The number of aliphatic hydroxyl groups is 2. The van der Waals surface area contributed by atoms with E-state index in [1.165, 1.54) is 10.9 Å². The molecule has 3 rings (SSSR count). The molecule has 1 aliphatic rings. The molecule has 0 aliphatic carbocycles. The van der Waals surface area contributed by atoms with Gasteiger partial charge in [-0.3, -0.25) is 4.57 Å². The summed E-state index contributed by atoms with van der Waals surface area (Å²) < 4.78 is 12.5. The summed E-state index contributed by atoms with van der Waals surface area (Å²) in [5, 5.41) is 19.6. The molecule has 10 nitrogen and oxygen atoms in total. The third-order valence-electron chi connectivity index (χ3n) is 3.53. The summed E-state index contributed by atoms with van der Waals surface area (Å²) in [5.74, 6) is 2.70. The van der Waals surface area contributed by atoms with Gasteiger partial charge in [-0.15, -0.1) is 0 Å². The zero-order valence-corrected chi connectivity index (χ0v) is 12.2. The Kier molecular flexibility index (Phi) is 3.91. The zero-order chi connectivity index (χ0) is 16.6. The normalized spacial score (nSPS) is 26.9. The van der Waals surface area contributed by atoms with Gasteiger partial charge in [0.25, 0.3) is 0 Å². The first-order valence-corrected chi connectivity index (χ1v) is 6.84. The van der Waals surface area contributed by atoms with Crippen molar-refractivity contribution in [2.24, 2.45) is 0 Å². The molecular formula is C13H16N6O4. The molecule has 122 valence electrons. The average molecular weight is 320 g/mol. The highest BCUT2D eigenvalue weighted by molar-refractivity contribution is 5.82. The summed E-state index contributed by atoms with van der Waals surface area (Å²) in [4.78, 5) is 12.1. The maximum absolute atomic E-state index is 10.2. The summed E-state index contributed by atoms with van der Waals surface area (Å²) in [7, 11) is 0. The zero-order valence-electron chi connectivity index (χ0n) is 12.2. The van der Waals surface area contributed by atoms with Crippen LogP contribution in [0.4, 0.5) is 11.8 Å². The van der Waals surface area contributed by atoms with Crippen molar-refractivity contribution in [3.63, 3.8) is 0 Å². The Morgan fingerprint density at radius 2 is 2.22 bits per heavy atom. The standard InChI is InChI=1S/C13H16N6O4/c1-2-3-22-9-8(21)6(4-20)23-12(9)19-5-16-7-10(14)17-13(15)18-11(7)19/h5-6,8-9,12,20-21H,4H2,1H3,(H4,14,15,17,18)/t6-,8+,9-,12-/m1/s1. The molecule has 1 aliphatic heterocycles. The van der Waals surface area contributed by atoms with Crippen LogP contribution >= 0.6 is 0 Å². The second-order valence-electron chi connectivity index (χ2n) is 4.96. The lowest BCUT2D eigenvalue weighted by Crippen LogP contribution is -2.34. The molecule has 0 spiro atoms. The summed E-state index contributed by atoms with van der Waals surface area (Å²) in [6.45, 7) is 1.23. The molecule has 4 atom stereocenters. The molecule has 0 aromatic carbocycles. The smallest absolute Gasteiger partial charge is 0.224 e. The minimum absolute atomic E-state index is 0.0141. The molecule has 0 radical (unpaired) electrons. The van der Waals surface area contributed by atoms with E-state index in [2.05, 4.69) is 27.0 Å². The summed E-state index contributed by atoms with van der Waals surface area (Å²) in [6.07, 6.45) is 0.339. The predicted molar refractivity (Wildman–Crippen MR) is 79.5 cm³/mol. The average Bonchev–Trinajstić information content (AvgIpc) is 3.06. The molecular weight excluding hydrogens is 304 g/mol. The van der Waals surface area contributed by atoms with E-state index in [1.54, 1.807) is 6.92 Å². The highest BCUT2D eigenvalue weighted by atomic mass is 16.6. The van der Waals surface area contributed by atoms with Gasteiger partial charge >= 0.3 is 0 Å². The second-order valence-corrected chi connectivity index (χ2v) is 4.96. The van der Waals surface area contributed by atoms with Crippen molar-refractivity contribution >= 4 is 22.9 Å². The fourth-order valence-corrected chi connectivity index (χ4v) is 2.49. The Hall–Kier alpha value is -2.61. The van der Waals surface area contributed by atoms with Crippen LogP contribution in [0.25, 0.3) is 11.2 Å². The highest BCUT2D eigenvalue weighted by Gasteiger charge is 2.46. The third-order valence-corrected chi connectivity index (χ3v) is 3.53. The van der Waals surface area contributed by atoms with E-state index in [-0.39, 0.29) is 18.4 Å². The number of fused-ring (bicyclic) bond motifs is 1. The monoisotopic (exact) mass is 320 g/mol. The molecule has 23 heavy (non-hydrogen) atoms. The minimum Gasteiger partial charge on any atom is -0.436 e. The van der Waals surface area contributed by atoms with Crippen LogP contribution in [-0.2, 0) is 9.47 Å². The number of aliphatic hydroxyl groups excluding tert-OH is 2. The quantitative estimate of drug-likeness (QED) is 0.500. The molecule has 1 saturated heterocycles. The van der Waals surface area contributed by atoms with Gasteiger partial charge in [-0.2, -0.15) is 9.97 Å². The lowest BCUT2D eigenvalue weighted by molar-refractivity contribution is -0.0510. The van der Waals surface area contributed by atoms with Crippen LogP contribution in [0.1, 0.15) is 13.2 Å². The number of aromatic nitrogens is 4. The number of hydrogen-bond donors (Lipinski definition) is 4. The topological polar surface area (TPSA) is 155 Å². The molecule has 3 heterocycles. The molecule has 2 aromatic rings. The van der Waals surface area contributed by atoms with Crippen molar-refractivity contribution in [3.05, 3.63) is 6.33 Å². The van der Waals surface area contributed by atoms with Gasteiger partial charge in [-0.1, -0.05) is 5.92 Å². The van der Waals surface area contributed by atoms with Gasteiger partial charge in [0.1, 0.15) is 23.8 Å². The third kappa shape index (κ3) is 2.50. The molecule has 0 bridgehead atoms. The summed E-state index contributed by atoms with van der Waals surface area (Å²) in [5.41, 5.74) is 12.1. The Labute approximate surface area is 131 Å². The number of anilines is 2. The van der Waals surface area contributed by atoms with Crippen LogP contribution in [-0.4, -0.2) is 54.7 Å². The summed E-state index contributed by atoms with van der Waals surface area (Å²) >= 11 is 0. The van der Waals surface area contributed by atoms with Gasteiger partial charge in [0.15, 0.2) is 23.8 Å². The molecule has 2 aromatic heterocycles. The number of rotatable bonds is 3. The Bertz CT molecular complexity index is 782. The second kappa shape index (κ2) is 5.88. The van der Waals surface area contributed by atoms with E-state index in [1.807, 2.05) is 0 Å². The van der Waals surface area contributed by atoms with E-state index in [0.717, 1.165) is 0 Å². The molecule has 10 heteroatoms. The molecule has 6 N–H and O–H groups in total. The predicted octanol–water partition coefficient (Wildman–Crippen LogP) is -1.39. The Morgan fingerprint density at radius 1 is 1.43 bits per heavy atom. The van der Waals surface area contributed by atoms with Gasteiger partial charge in [-0.25, -0.2) is 4.98 Å². The Balaban J connectivity index is 2.06. The first-order chi connectivity index (χ1) is 11.1. The first-order valence-electron chi connectivity index (χ1n) is 6.84. The fraction of sp³-hybridized carbons (Fsp3) is 0.462. The van der Waals surface area contributed by atoms with Gasteiger partial charge < -0.3 is 31.2 Å². The number of nitrogen functional groups attached to an aromatic ring is 2. The van der Waals surface area contributed by atoms with Crippen LogP contribution in [0, 0.1) is 12.0 Å². The number of hydrogen-bond acceptors (Lipinski definition) is 9. The van der Waals surface area contributed by atoms with Gasteiger partial charge in [0.05, 0.1) is 12.9 Å². The van der Waals surface area contributed by atoms with Crippen LogP contribution in [0.2, 0.25) is 0 Å². The number of ether oxygens (including phenoxy) is 2. The SMILES string of the molecule is CC#CO[C@@H]1[C@@H](O)[C@@H](CO)O[C@H]1n1cnc2c(N)nc(N)nc21. The van der Waals surface area contributed by atoms with E-state index < -0.39 is 24.5 Å². The lowest BCUT2D eigenvalue weighted by atomic mass is 10.1. The lowest BCUT2D eigenvalue weighted by Gasteiger charge is -2.19. The maximum Gasteiger partial charge on any atom is 0.224 e. The minimum atomic E-state index is -1.07. The van der Waals surface area contributed by atoms with Gasteiger partial charge in [0, 0.05) is 6.92 Å². The van der Waals surface area contributed by atoms with E-state index in [0.29, 0.717) is 11.2 Å². The molecule has 0 saturated carbocycles.